The summed E-state index contributed by atoms with van der Waals surface area (Å²) in [5.41, 5.74) is 0. The molecule has 1 fully saturated rings. The summed E-state index contributed by atoms with van der Waals surface area (Å²) in [7, 11) is 0. The first-order chi connectivity index (χ1) is 5.70. The number of rotatable bonds is 3. The minimum absolute atomic E-state index is 0.103. The molecular formula is C8H15NO3. The molecule has 1 saturated heterocycles. The SMILES string of the molecule is C[C@@H](O)CNC(=O)C1CCCO1. The summed E-state index contributed by atoms with van der Waals surface area (Å²) in [6, 6.07) is 0. The third-order valence-corrected chi connectivity index (χ3v) is 1.79. The van der Waals surface area contributed by atoms with Crippen LogP contribution in [0.5, 0.6) is 0 Å². The summed E-state index contributed by atoms with van der Waals surface area (Å²) >= 11 is 0. The Bertz CT molecular complexity index is 152. The molecule has 1 heterocycles. The molecule has 0 radical (unpaired) electrons. The first kappa shape index (κ1) is 9.48. The van der Waals surface area contributed by atoms with Gasteiger partial charge in [-0.1, -0.05) is 0 Å². The molecule has 4 nitrogen and oxygen atoms in total. The third-order valence-electron chi connectivity index (χ3n) is 1.79. The van der Waals surface area contributed by atoms with Crippen molar-refractivity contribution >= 4 is 5.91 Å². The van der Waals surface area contributed by atoms with Gasteiger partial charge in [0.1, 0.15) is 6.10 Å². The van der Waals surface area contributed by atoms with Crippen LogP contribution in [0.25, 0.3) is 0 Å². The van der Waals surface area contributed by atoms with Crippen molar-refractivity contribution in [1.29, 1.82) is 0 Å². The van der Waals surface area contributed by atoms with Crippen molar-refractivity contribution in [1.82, 2.24) is 5.32 Å². The van der Waals surface area contributed by atoms with Crippen LogP contribution in [-0.2, 0) is 9.53 Å². The first-order valence-electron chi connectivity index (χ1n) is 4.27. The summed E-state index contributed by atoms with van der Waals surface area (Å²) in [5, 5.41) is 11.5. The van der Waals surface area contributed by atoms with E-state index in [1.54, 1.807) is 6.92 Å². The molecule has 1 aliphatic rings. The van der Waals surface area contributed by atoms with Crippen molar-refractivity contribution in [3.8, 4) is 0 Å². The van der Waals surface area contributed by atoms with E-state index in [-0.39, 0.29) is 12.0 Å². The second-order valence-electron chi connectivity index (χ2n) is 3.10. The van der Waals surface area contributed by atoms with Gasteiger partial charge in [0.15, 0.2) is 0 Å². The summed E-state index contributed by atoms with van der Waals surface area (Å²) < 4.78 is 5.15. The fraction of sp³-hybridized carbons (Fsp3) is 0.875. The number of nitrogens with one attached hydrogen (secondary N) is 1. The molecule has 2 atom stereocenters. The quantitative estimate of drug-likeness (QED) is 0.614. The van der Waals surface area contributed by atoms with Crippen LogP contribution < -0.4 is 5.32 Å². The van der Waals surface area contributed by atoms with E-state index in [0.717, 1.165) is 12.8 Å². The van der Waals surface area contributed by atoms with Crippen LogP contribution in [0.15, 0.2) is 0 Å². The van der Waals surface area contributed by atoms with Crippen molar-refractivity contribution < 1.29 is 14.6 Å². The number of aliphatic hydroxyl groups is 1. The van der Waals surface area contributed by atoms with E-state index in [4.69, 9.17) is 9.84 Å². The zero-order valence-corrected chi connectivity index (χ0v) is 7.25. The van der Waals surface area contributed by atoms with Crippen molar-refractivity contribution in [2.24, 2.45) is 0 Å². The molecule has 1 amide bonds. The van der Waals surface area contributed by atoms with Crippen molar-refractivity contribution in [3.63, 3.8) is 0 Å². The van der Waals surface area contributed by atoms with Gasteiger partial charge in [0, 0.05) is 13.2 Å². The van der Waals surface area contributed by atoms with Gasteiger partial charge in [-0.3, -0.25) is 4.79 Å². The van der Waals surface area contributed by atoms with Gasteiger partial charge in [0.2, 0.25) is 5.91 Å². The second kappa shape index (κ2) is 4.42. The lowest BCUT2D eigenvalue weighted by Gasteiger charge is -2.11. The molecule has 1 unspecified atom stereocenters. The zero-order chi connectivity index (χ0) is 8.97. The van der Waals surface area contributed by atoms with Crippen LogP contribution in [0.3, 0.4) is 0 Å². The average Bonchev–Trinajstić information content (AvgIpc) is 2.51. The number of hydrogen-bond acceptors (Lipinski definition) is 3. The van der Waals surface area contributed by atoms with Gasteiger partial charge in [0.25, 0.3) is 0 Å². The van der Waals surface area contributed by atoms with Crippen LogP contribution in [0, 0.1) is 0 Å². The van der Waals surface area contributed by atoms with Crippen molar-refractivity contribution in [3.05, 3.63) is 0 Å². The van der Waals surface area contributed by atoms with Gasteiger partial charge in [-0.25, -0.2) is 0 Å². The number of carbonyl (C=O) groups is 1. The normalized spacial score (nSPS) is 25.3. The largest absolute Gasteiger partial charge is 0.392 e. The Kier molecular flexibility index (Phi) is 3.49. The average molecular weight is 173 g/mol. The molecule has 12 heavy (non-hydrogen) atoms. The second-order valence-corrected chi connectivity index (χ2v) is 3.10. The number of aliphatic hydroxyl groups excluding tert-OH is 1. The Balaban J connectivity index is 2.18. The predicted octanol–water partition coefficient (Wildman–Crippen LogP) is -0.338. The number of hydrogen-bond donors (Lipinski definition) is 2. The Morgan fingerprint density at radius 2 is 2.58 bits per heavy atom. The van der Waals surface area contributed by atoms with E-state index >= 15 is 0 Å². The number of carbonyl (C=O) groups excluding carboxylic acids is 1. The van der Waals surface area contributed by atoms with Gasteiger partial charge in [-0.05, 0) is 19.8 Å². The Labute approximate surface area is 71.9 Å². The molecule has 4 heteroatoms. The Hall–Kier alpha value is -0.610. The molecule has 0 spiro atoms. The summed E-state index contributed by atoms with van der Waals surface area (Å²) in [6.45, 7) is 2.61. The highest BCUT2D eigenvalue weighted by Gasteiger charge is 2.23. The predicted molar refractivity (Wildman–Crippen MR) is 43.7 cm³/mol. The van der Waals surface area contributed by atoms with Crippen LogP contribution in [0.2, 0.25) is 0 Å². The standard InChI is InChI=1S/C8H15NO3/c1-6(10)5-9-8(11)7-3-2-4-12-7/h6-7,10H,2-5H2,1H3,(H,9,11)/t6-,7?/m1/s1. The molecule has 70 valence electrons. The molecule has 0 saturated carbocycles. The number of amides is 1. The lowest BCUT2D eigenvalue weighted by molar-refractivity contribution is -0.130. The highest BCUT2D eigenvalue weighted by Crippen LogP contribution is 2.11. The minimum atomic E-state index is -0.490. The molecule has 2 N–H and O–H groups in total. The summed E-state index contributed by atoms with van der Waals surface area (Å²) in [4.78, 5) is 11.2. The highest BCUT2D eigenvalue weighted by molar-refractivity contribution is 5.80. The fourth-order valence-electron chi connectivity index (χ4n) is 1.15. The van der Waals surface area contributed by atoms with E-state index in [9.17, 15) is 4.79 Å². The monoisotopic (exact) mass is 173 g/mol. The maximum atomic E-state index is 11.2. The molecule has 0 bridgehead atoms. The lowest BCUT2D eigenvalue weighted by atomic mass is 10.2. The van der Waals surface area contributed by atoms with E-state index in [2.05, 4.69) is 5.32 Å². The van der Waals surface area contributed by atoms with Gasteiger partial charge in [-0.2, -0.15) is 0 Å². The first-order valence-corrected chi connectivity index (χ1v) is 4.27. The fourth-order valence-corrected chi connectivity index (χ4v) is 1.15. The summed E-state index contributed by atoms with van der Waals surface area (Å²) in [6.07, 6.45) is 0.970. The Morgan fingerprint density at radius 3 is 3.08 bits per heavy atom. The van der Waals surface area contributed by atoms with Gasteiger partial charge in [0.05, 0.1) is 6.10 Å². The highest BCUT2D eigenvalue weighted by atomic mass is 16.5. The van der Waals surface area contributed by atoms with Crippen LogP contribution in [0.4, 0.5) is 0 Å². The molecule has 0 aliphatic carbocycles. The molecular weight excluding hydrogens is 158 g/mol. The molecule has 1 rings (SSSR count). The smallest absolute Gasteiger partial charge is 0.249 e. The maximum Gasteiger partial charge on any atom is 0.249 e. The third kappa shape index (κ3) is 2.79. The molecule has 1 aliphatic heterocycles. The molecule has 0 aromatic rings. The van der Waals surface area contributed by atoms with E-state index < -0.39 is 6.10 Å². The molecule has 0 aromatic heterocycles. The van der Waals surface area contributed by atoms with Gasteiger partial charge in [-0.15, -0.1) is 0 Å². The minimum Gasteiger partial charge on any atom is -0.392 e. The number of ether oxygens (including phenoxy) is 1. The summed E-state index contributed by atoms with van der Waals surface area (Å²) in [5.74, 6) is -0.103. The van der Waals surface area contributed by atoms with Crippen molar-refractivity contribution in [2.45, 2.75) is 32.0 Å². The van der Waals surface area contributed by atoms with E-state index in [1.165, 1.54) is 0 Å². The van der Waals surface area contributed by atoms with Gasteiger partial charge < -0.3 is 15.2 Å². The Morgan fingerprint density at radius 1 is 1.83 bits per heavy atom. The molecule has 0 aromatic carbocycles. The van der Waals surface area contributed by atoms with Crippen LogP contribution >= 0.6 is 0 Å². The van der Waals surface area contributed by atoms with Crippen LogP contribution in [-0.4, -0.2) is 36.4 Å². The van der Waals surface area contributed by atoms with E-state index in [1.807, 2.05) is 0 Å². The van der Waals surface area contributed by atoms with Crippen LogP contribution in [0.1, 0.15) is 19.8 Å². The maximum absolute atomic E-state index is 11.2. The topological polar surface area (TPSA) is 58.6 Å². The van der Waals surface area contributed by atoms with E-state index in [0.29, 0.717) is 13.2 Å². The lowest BCUT2D eigenvalue weighted by Crippen LogP contribution is -2.37. The van der Waals surface area contributed by atoms with Gasteiger partial charge >= 0.3 is 0 Å². The van der Waals surface area contributed by atoms with Crippen molar-refractivity contribution in [2.75, 3.05) is 13.2 Å². The zero-order valence-electron chi connectivity index (χ0n) is 7.25.